The van der Waals surface area contributed by atoms with E-state index in [-0.39, 0.29) is 11.3 Å². The number of benzene rings is 2. The number of rotatable bonds is 5. The second-order valence-electron chi connectivity index (χ2n) is 7.27. The van der Waals surface area contributed by atoms with Crippen LogP contribution in [-0.4, -0.2) is 5.97 Å². The minimum absolute atomic E-state index is 0.227. The molecule has 1 saturated carbocycles. The van der Waals surface area contributed by atoms with Gasteiger partial charge in [-0.15, -0.1) is 0 Å². The standard InChI is InChI=1S/C23H24ClNO2/c1-2-3-16-4-6-17(7-5-16)18-8-10-19(11-9-18)23(26)27-22-13-12-21(24)14-20(22)15-25/h8-14,16-17H,2-7H2,1H3. The molecular formula is C23H24ClNO2. The second kappa shape index (κ2) is 9.06. The average Bonchev–Trinajstić information content (AvgIpc) is 2.70. The fourth-order valence-corrected chi connectivity index (χ4v) is 4.09. The summed E-state index contributed by atoms with van der Waals surface area (Å²) in [6.45, 7) is 2.26. The third kappa shape index (κ3) is 4.90. The molecule has 0 atom stereocenters. The lowest BCUT2D eigenvalue weighted by Crippen LogP contribution is -2.14. The molecular weight excluding hydrogens is 358 g/mol. The van der Waals surface area contributed by atoms with E-state index >= 15 is 0 Å². The Morgan fingerprint density at radius 1 is 1.15 bits per heavy atom. The van der Waals surface area contributed by atoms with Crippen molar-refractivity contribution in [2.45, 2.75) is 51.4 Å². The van der Waals surface area contributed by atoms with Crippen LogP contribution < -0.4 is 4.74 Å². The molecule has 0 aromatic heterocycles. The predicted molar refractivity (Wildman–Crippen MR) is 107 cm³/mol. The first-order valence-corrected chi connectivity index (χ1v) is 10.00. The minimum Gasteiger partial charge on any atom is -0.422 e. The Morgan fingerprint density at radius 3 is 2.48 bits per heavy atom. The van der Waals surface area contributed by atoms with Gasteiger partial charge in [0, 0.05) is 5.02 Å². The van der Waals surface area contributed by atoms with Gasteiger partial charge in [0.1, 0.15) is 11.8 Å². The Kier molecular flexibility index (Phi) is 6.53. The Hall–Kier alpha value is -2.31. The van der Waals surface area contributed by atoms with Gasteiger partial charge in [-0.2, -0.15) is 5.26 Å². The fraction of sp³-hybridized carbons (Fsp3) is 0.391. The van der Waals surface area contributed by atoms with Crippen molar-refractivity contribution in [1.29, 1.82) is 5.26 Å². The summed E-state index contributed by atoms with van der Waals surface area (Å²) in [4.78, 5) is 12.4. The highest BCUT2D eigenvalue weighted by Gasteiger charge is 2.22. The normalized spacial score (nSPS) is 19.3. The van der Waals surface area contributed by atoms with Gasteiger partial charge in [-0.1, -0.05) is 43.5 Å². The Labute approximate surface area is 165 Å². The lowest BCUT2D eigenvalue weighted by Gasteiger charge is -2.28. The molecule has 0 aliphatic heterocycles. The summed E-state index contributed by atoms with van der Waals surface area (Å²) in [5.74, 6) is 1.23. The number of hydrogen-bond acceptors (Lipinski definition) is 3. The monoisotopic (exact) mass is 381 g/mol. The van der Waals surface area contributed by atoms with E-state index in [9.17, 15) is 4.79 Å². The fourth-order valence-electron chi connectivity index (χ4n) is 3.92. The van der Waals surface area contributed by atoms with Gasteiger partial charge in [0.15, 0.2) is 0 Å². The zero-order valence-electron chi connectivity index (χ0n) is 15.6. The van der Waals surface area contributed by atoms with E-state index in [4.69, 9.17) is 21.6 Å². The maximum absolute atomic E-state index is 12.4. The molecule has 0 N–H and O–H groups in total. The van der Waals surface area contributed by atoms with E-state index < -0.39 is 5.97 Å². The molecule has 2 aromatic carbocycles. The molecule has 1 aliphatic rings. The van der Waals surface area contributed by atoms with Gasteiger partial charge < -0.3 is 4.74 Å². The molecule has 0 saturated heterocycles. The number of carbonyl (C=O) groups excluding carboxylic acids is 1. The number of nitrogens with zero attached hydrogens (tertiary/aromatic N) is 1. The SMILES string of the molecule is CCCC1CCC(c2ccc(C(=O)Oc3ccc(Cl)cc3C#N)cc2)CC1. The minimum atomic E-state index is -0.466. The maximum atomic E-state index is 12.4. The largest absolute Gasteiger partial charge is 0.422 e. The zero-order valence-corrected chi connectivity index (χ0v) is 16.3. The van der Waals surface area contributed by atoms with Crippen LogP contribution in [0.2, 0.25) is 5.02 Å². The summed E-state index contributed by atoms with van der Waals surface area (Å²) in [6.07, 6.45) is 7.67. The second-order valence-corrected chi connectivity index (χ2v) is 7.71. The first-order chi connectivity index (χ1) is 13.1. The number of carbonyl (C=O) groups is 1. The first-order valence-electron chi connectivity index (χ1n) is 9.62. The van der Waals surface area contributed by atoms with E-state index in [1.165, 1.54) is 50.2 Å². The van der Waals surface area contributed by atoms with Crippen molar-refractivity contribution < 1.29 is 9.53 Å². The Bertz CT molecular complexity index is 830. The quantitative estimate of drug-likeness (QED) is 0.438. The molecule has 1 fully saturated rings. The predicted octanol–water partition coefficient (Wildman–Crippen LogP) is 6.50. The van der Waals surface area contributed by atoms with Gasteiger partial charge in [-0.3, -0.25) is 0 Å². The first kappa shape index (κ1) is 19.5. The van der Waals surface area contributed by atoms with Gasteiger partial charge in [-0.05, 0) is 73.4 Å². The van der Waals surface area contributed by atoms with E-state index in [2.05, 4.69) is 6.92 Å². The highest BCUT2D eigenvalue weighted by molar-refractivity contribution is 6.30. The van der Waals surface area contributed by atoms with E-state index in [1.807, 2.05) is 30.3 Å². The summed E-state index contributed by atoms with van der Waals surface area (Å²) < 4.78 is 5.38. The number of esters is 1. The summed E-state index contributed by atoms with van der Waals surface area (Å²) in [6, 6.07) is 14.3. The van der Waals surface area contributed by atoms with Gasteiger partial charge in [-0.25, -0.2) is 4.79 Å². The lowest BCUT2D eigenvalue weighted by atomic mass is 9.77. The zero-order chi connectivity index (χ0) is 19.2. The summed E-state index contributed by atoms with van der Waals surface area (Å²) >= 11 is 5.88. The van der Waals surface area contributed by atoms with Crippen LogP contribution in [0.5, 0.6) is 5.75 Å². The third-order valence-corrected chi connectivity index (χ3v) is 5.66. The van der Waals surface area contributed by atoms with Crippen molar-refractivity contribution in [1.82, 2.24) is 0 Å². The van der Waals surface area contributed by atoms with Crippen molar-refractivity contribution in [2.24, 2.45) is 5.92 Å². The summed E-state index contributed by atoms with van der Waals surface area (Å²) in [5, 5.41) is 9.59. The molecule has 3 nitrogen and oxygen atoms in total. The highest BCUT2D eigenvalue weighted by Crippen LogP contribution is 2.37. The van der Waals surface area contributed by atoms with Crippen LogP contribution in [-0.2, 0) is 0 Å². The molecule has 0 unspecified atom stereocenters. The molecule has 4 heteroatoms. The van der Waals surface area contributed by atoms with Crippen molar-refractivity contribution in [3.63, 3.8) is 0 Å². The van der Waals surface area contributed by atoms with E-state index in [1.54, 1.807) is 12.1 Å². The maximum Gasteiger partial charge on any atom is 0.343 e. The average molecular weight is 382 g/mol. The molecule has 0 heterocycles. The Balaban J connectivity index is 1.64. The summed E-state index contributed by atoms with van der Waals surface area (Å²) in [5.41, 5.74) is 2.03. The van der Waals surface area contributed by atoms with Crippen molar-refractivity contribution >= 4 is 17.6 Å². The van der Waals surface area contributed by atoms with Gasteiger partial charge in [0.2, 0.25) is 0 Å². The topological polar surface area (TPSA) is 50.1 Å². The lowest BCUT2D eigenvalue weighted by molar-refractivity contribution is 0.0734. The molecule has 140 valence electrons. The van der Waals surface area contributed by atoms with Crippen molar-refractivity contribution in [3.8, 4) is 11.8 Å². The highest BCUT2D eigenvalue weighted by atomic mass is 35.5. The molecule has 0 radical (unpaired) electrons. The van der Waals surface area contributed by atoms with Crippen LogP contribution in [0.1, 0.15) is 72.9 Å². The van der Waals surface area contributed by atoms with Gasteiger partial charge >= 0.3 is 5.97 Å². The Morgan fingerprint density at radius 2 is 1.85 bits per heavy atom. The van der Waals surface area contributed by atoms with Crippen LogP contribution in [0, 0.1) is 17.2 Å². The molecule has 2 aromatic rings. The van der Waals surface area contributed by atoms with Gasteiger partial charge in [0.05, 0.1) is 11.1 Å². The third-order valence-electron chi connectivity index (χ3n) is 5.43. The summed E-state index contributed by atoms with van der Waals surface area (Å²) in [7, 11) is 0. The van der Waals surface area contributed by atoms with Crippen molar-refractivity contribution in [2.75, 3.05) is 0 Å². The molecule has 27 heavy (non-hydrogen) atoms. The van der Waals surface area contributed by atoms with Crippen LogP contribution in [0.3, 0.4) is 0 Å². The molecule has 0 amide bonds. The van der Waals surface area contributed by atoms with Crippen LogP contribution in [0.15, 0.2) is 42.5 Å². The molecule has 3 rings (SSSR count). The smallest absolute Gasteiger partial charge is 0.343 e. The molecule has 0 bridgehead atoms. The van der Waals surface area contributed by atoms with E-state index in [0.29, 0.717) is 16.5 Å². The molecule has 1 aliphatic carbocycles. The van der Waals surface area contributed by atoms with Crippen LogP contribution >= 0.6 is 11.6 Å². The number of nitriles is 1. The molecule has 0 spiro atoms. The number of halogens is 1. The van der Waals surface area contributed by atoms with Crippen molar-refractivity contribution in [3.05, 3.63) is 64.2 Å². The number of hydrogen-bond donors (Lipinski definition) is 0. The van der Waals surface area contributed by atoms with E-state index in [0.717, 1.165) is 5.92 Å². The number of ether oxygens (including phenoxy) is 1. The van der Waals surface area contributed by atoms with Crippen LogP contribution in [0.25, 0.3) is 0 Å². The van der Waals surface area contributed by atoms with Gasteiger partial charge in [0.25, 0.3) is 0 Å². The van der Waals surface area contributed by atoms with Crippen LogP contribution in [0.4, 0.5) is 0 Å².